The van der Waals surface area contributed by atoms with Crippen molar-refractivity contribution in [2.45, 2.75) is 57.1 Å². The van der Waals surface area contributed by atoms with Gasteiger partial charge in [0.15, 0.2) is 12.2 Å². The van der Waals surface area contributed by atoms with E-state index in [0.29, 0.717) is 0 Å². The predicted molar refractivity (Wildman–Crippen MR) is 79.7 cm³/mol. The van der Waals surface area contributed by atoms with Crippen LogP contribution in [0.4, 0.5) is 13.2 Å². The van der Waals surface area contributed by atoms with Crippen molar-refractivity contribution in [3.63, 3.8) is 0 Å². The fourth-order valence-electron chi connectivity index (χ4n) is 2.36. The Labute approximate surface area is 150 Å². The monoisotopic (exact) mass is 402 g/mol. The minimum Gasteiger partial charge on any atom is -0.458 e. The summed E-state index contributed by atoms with van der Waals surface area (Å²) in [5.74, 6) is -4.81. The molecular formula is C14H17F3O8S. The standard InChI is InChI=1S/C14H17F3O8S/c1-6(18)22-10-5-26-13(14(15,16)17,25-9(4)21)12(24-8(3)20)11(10)23-7(2)19/h10-12H,5H2,1-4H3/t10-,11+,12+,13+/m1/s1. The molecule has 1 fully saturated rings. The summed E-state index contributed by atoms with van der Waals surface area (Å²) in [6.45, 7) is 3.50. The second-order valence-corrected chi connectivity index (χ2v) is 6.55. The van der Waals surface area contributed by atoms with Gasteiger partial charge >= 0.3 is 30.1 Å². The molecule has 0 spiro atoms. The number of hydrogen-bond donors (Lipinski definition) is 0. The summed E-state index contributed by atoms with van der Waals surface area (Å²) in [4.78, 5) is 41.9. The number of alkyl halides is 3. The summed E-state index contributed by atoms with van der Waals surface area (Å²) >= 11 is 0.0631. The van der Waals surface area contributed by atoms with Gasteiger partial charge in [0.1, 0.15) is 0 Å². The zero-order valence-corrected chi connectivity index (χ0v) is 15.1. The molecule has 1 heterocycles. The topological polar surface area (TPSA) is 105 Å². The summed E-state index contributed by atoms with van der Waals surface area (Å²) in [6, 6.07) is 0. The Morgan fingerprint density at radius 1 is 0.885 bits per heavy atom. The fraction of sp³-hybridized carbons (Fsp3) is 0.714. The Morgan fingerprint density at radius 2 is 1.38 bits per heavy atom. The van der Waals surface area contributed by atoms with Gasteiger partial charge in [-0.1, -0.05) is 11.8 Å². The van der Waals surface area contributed by atoms with Crippen LogP contribution in [0.15, 0.2) is 0 Å². The summed E-state index contributed by atoms with van der Waals surface area (Å²) in [5.41, 5.74) is 0. The molecule has 1 rings (SSSR count). The van der Waals surface area contributed by atoms with Crippen LogP contribution >= 0.6 is 11.8 Å². The van der Waals surface area contributed by atoms with Gasteiger partial charge in [-0.3, -0.25) is 19.2 Å². The van der Waals surface area contributed by atoms with Gasteiger partial charge in [0.25, 0.3) is 4.93 Å². The lowest BCUT2D eigenvalue weighted by atomic mass is 10.0. The van der Waals surface area contributed by atoms with E-state index in [1.807, 2.05) is 0 Å². The number of carbonyl (C=O) groups excluding carboxylic acids is 4. The first kappa shape index (κ1) is 22.1. The normalized spacial score (nSPS) is 28.7. The van der Waals surface area contributed by atoms with Gasteiger partial charge in [0, 0.05) is 33.4 Å². The molecule has 1 aliphatic rings. The van der Waals surface area contributed by atoms with Gasteiger partial charge < -0.3 is 18.9 Å². The van der Waals surface area contributed by atoms with E-state index in [9.17, 15) is 32.3 Å². The van der Waals surface area contributed by atoms with Crippen molar-refractivity contribution >= 4 is 35.6 Å². The highest BCUT2D eigenvalue weighted by atomic mass is 32.2. The molecule has 0 unspecified atom stereocenters. The largest absolute Gasteiger partial charge is 0.458 e. The SMILES string of the molecule is CC(=O)O[C@H]1[C@H](OC(C)=O)CS[C@](OC(C)=O)(C(F)(F)F)[C@H]1OC(C)=O. The second kappa shape index (κ2) is 8.14. The zero-order valence-electron chi connectivity index (χ0n) is 14.2. The Hall–Kier alpha value is -1.98. The quantitative estimate of drug-likeness (QED) is 0.509. The van der Waals surface area contributed by atoms with Crippen molar-refractivity contribution in [1.29, 1.82) is 0 Å². The molecule has 1 saturated heterocycles. The highest BCUT2D eigenvalue weighted by molar-refractivity contribution is 8.00. The van der Waals surface area contributed by atoms with Crippen molar-refractivity contribution in [3.8, 4) is 0 Å². The highest BCUT2D eigenvalue weighted by Gasteiger charge is 2.71. The van der Waals surface area contributed by atoms with Crippen molar-refractivity contribution in [3.05, 3.63) is 0 Å². The van der Waals surface area contributed by atoms with E-state index in [4.69, 9.17) is 14.2 Å². The molecule has 26 heavy (non-hydrogen) atoms. The Balaban J connectivity index is 3.49. The maximum atomic E-state index is 13.8. The smallest absolute Gasteiger partial charge is 0.442 e. The molecule has 12 heteroatoms. The van der Waals surface area contributed by atoms with Crippen molar-refractivity contribution < 1.29 is 51.3 Å². The lowest BCUT2D eigenvalue weighted by Crippen LogP contribution is -2.67. The van der Waals surface area contributed by atoms with Crippen LogP contribution in [0.1, 0.15) is 27.7 Å². The van der Waals surface area contributed by atoms with Crippen LogP contribution in [0.5, 0.6) is 0 Å². The molecule has 0 N–H and O–H groups in total. The number of ether oxygens (including phenoxy) is 4. The van der Waals surface area contributed by atoms with E-state index >= 15 is 0 Å². The second-order valence-electron chi connectivity index (χ2n) is 5.32. The summed E-state index contributed by atoms with van der Waals surface area (Å²) in [7, 11) is 0. The third-order valence-electron chi connectivity index (χ3n) is 3.10. The molecule has 1 aliphatic heterocycles. The molecular weight excluding hydrogens is 385 g/mol. The fourth-order valence-corrected chi connectivity index (χ4v) is 3.72. The molecule has 0 aromatic carbocycles. The molecule has 0 radical (unpaired) electrons. The zero-order chi connectivity index (χ0) is 20.3. The van der Waals surface area contributed by atoms with Gasteiger partial charge in [-0.25, -0.2) is 0 Å². The molecule has 0 amide bonds. The molecule has 0 bridgehead atoms. The maximum absolute atomic E-state index is 13.8. The average Bonchev–Trinajstić information content (AvgIpc) is 2.42. The molecule has 8 nitrogen and oxygen atoms in total. The van der Waals surface area contributed by atoms with Crippen molar-refractivity contribution in [2.75, 3.05) is 5.75 Å². The number of esters is 4. The number of carbonyl (C=O) groups is 4. The maximum Gasteiger partial charge on any atom is 0.442 e. The van der Waals surface area contributed by atoms with E-state index in [0.717, 1.165) is 27.7 Å². The van der Waals surface area contributed by atoms with Crippen LogP contribution < -0.4 is 0 Å². The minimum absolute atomic E-state index is 0.0631. The van der Waals surface area contributed by atoms with E-state index in [-0.39, 0.29) is 11.8 Å². The van der Waals surface area contributed by atoms with Gasteiger partial charge in [-0.2, -0.15) is 13.2 Å². The molecule has 4 atom stereocenters. The average molecular weight is 402 g/mol. The number of thioether (sulfide) groups is 1. The van der Waals surface area contributed by atoms with Crippen LogP contribution in [-0.2, 0) is 38.1 Å². The molecule has 148 valence electrons. The van der Waals surface area contributed by atoms with Gasteiger partial charge in [-0.15, -0.1) is 0 Å². The van der Waals surface area contributed by atoms with E-state index < -0.39 is 59.1 Å². The first-order valence-corrected chi connectivity index (χ1v) is 8.20. The molecule has 0 aliphatic carbocycles. The van der Waals surface area contributed by atoms with Crippen LogP contribution in [0.25, 0.3) is 0 Å². The Kier molecular flexibility index (Phi) is 6.91. The highest BCUT2D eigenvalue weighted by Crippen LogP contribution is 2.51. The third kappa shape index (κ3) is 5.02. The van der Waals surface area contributed by atoms with E-state index in [1.165, 1.54) is 0 Å². The number of hydrogen-bond acceptors (Lipinski definition) is 9. The summed E-state index contributed by atoms with van der Waals surface area (Å²) in [5, 5.41) is 0. The first-order chi connectivity index (χ1) is 11.8. The first-order valence-electron chi connectivity index (χ1n) is 7.22. The minimum atomic E-state index is -5.19. The van der Waals surface area contributed by atoms with Crippen LogP contribution in [0, 0.1) is 0 Å². The number of halogens is 3. The lowest BCUT2D eigenvalue weighted by Gasteiger charge is -2.47. The lowest BCUT2D eigenvalue weighted by molar-refractivity contribution is -0.280. The van der Waals surface area contributed by atoms with Gasteiger partial charge in [-0.05, 0) is 0 Å². The Bertz CT molecular complexity index is 593. The van der Waals surface area contributed by atoms with Crippen LogP contribution in [-0.4, -0.2) is 59.1 Å². The van der Waals surface area contributed by atoms with Crippen LogP contribution in [0.2, 0.25) is 0 Å². The molecule has 0 saturated carbocycles. The number of rotatable bonds is 4. The van der Waals surface area contributed by atoms with Crippen LogP contribution in [0.3, 0.4) is 0 Å². The van der Waals surface area contributed by atoms with Crippen molar-refractivity contribution in [2.24, 2.45) is 0 Å². The third-order valence-corrected chi connectivity index (χ3v) is 4.58. The predicted octanol–water partition coefficient (Wildman–Crippen LogP) is 1.35. The van der Waals surface area contributed by atoms with Gasteiger partial charge in [0.2, 0.25) is 6.10 Å². The Morgan fingerprint density at radius 3 is 1.77 bits per heavy atom. The molecule has 0 aromatic rings. The summed E-state index contributed by atoms with van der Waals surface area (Å²) in [6.07, 6.45) is -10.7. The van der Waals surface area contributed by atoms with E-state index in [1.54, 1.807) is 0 Å². The van der Waals surface area contributed by atoms with Crippen molar-refractivity contribution in [1.82, 2.24) is 0 Å². The van der Waals surface area contributed by atoms with E-state index in [2.05, 4.69) is 4.74 Å². The molecule has 0 aromatic heterocycles. The summed E-state index contributed by atoms with van der Waals surface area (Å²) < 4.78 is 60.5. The van der Waals surface area contributed by atoms with Gasteiger partial charge in [0.05, 0.1) is 0 Å².